The Morgan fingerprint density at radius 3 is 2.81 bits per heavy atom. The van der Waals surface area contributed by atoms with E-state index in [9.17, 15) is 4.79 Å². The van der Waals surface area contributed by atoms with Gasteiger partial charge in [0.15, 0.2) is 0 Å². The van der Waals surface area contributed by atoms with E-state index in [0.29, 0.717) is 17.6 Å². The molecule has 0 saturated carbocycles. The molecule has 0 aliphatic rings. The van der Waals surface area contributed by atoms with Gasteiger partial charge in [0.05, 0.1) is 5.75 Å². The maximum Gasteiger partial charge on any atom is 0.230 e. The van der Waals surface area contributed by atoms with Crippen LogP contribution in [0.3, 0.4) is 0 Å². The zero-order valence-electron chi connectivity index (χ0n) is 11.9. The molecule has 0 saturated heterocycles. The smallest absolute Gasteiger partial charge is 0.230 e. The number of anilines is 1. The van der Waals surface area contributed by atoms with Gasteiger partial charge in [-0.2, -0.15) is 4.98 Å². The fourth-order valence-electron chi connectivity index (χ4n) is 1.96. The van der Waals surface area contributed by atoms with Gasteiger partial charge in [-0.15, -0.1) is 5.10 Å². The van der Waals surface area contributed by atoms with Gasteiger partial charge in [0.25, 0.3) is 0 Å². The van der Waals surface area contributed by atoms with Crippen LogP contribution in [0.4, 0.5) is 5.95 Å². The molecule has 0 bridgehead atoms. The molecule has 1 heterocycles. The lowest BCUT2D eigenvalue weighted by Crippen LogP contribution is -2.29. The molecule has 6 nitrogen and oxygen atoms in total. The normalized spacial score (nSPS) is 12.0. The molecule has 21 heavy (non-hydrogen) atoms. The number of rotatable bonds is 7. The third-order valence-corrected chi connectivity index (χ3v) is 3.97. The summed E-state index contributed by atoms with van der Waals surface area (Å²) in [5.74, 6) is 0.841. The molecule has 1 aromatic heterocycles. The summed E-state index contributed by atoms with van der Waals surface area (Å²) in [6, 6.07) is 10.2. The van der Waals surface area contributed by atoms with Crippen LogP contribution < -0.4 is 11.1 Å². The number of nitrogens with zero attached hydrogens (tertiary/aromatic N) is 2. The molecular weight excluding hydrogens is 286 g/mol. The van der Waals surface area contributed by atoms with Gasteiger partial charge in [-0.1, -0.05) is 49.0 Å². The Morgan fingerprint density at radius 2 is 2.19 bits per heavy atom. The van der Waals surface area contributed by atoms with Gasteiger partial charge >= 0.3 is 0 Å². The Bertz CT molecular complexity index is 572. The minimum atomic E-state index is -0.0299. The van der Waals surface area contributed by atoms with Gasteiger partial charge < -0.3 is 11.1 Å². The Morgan fingerprint density at radius 1 is 1.43 bits per heavy atom. The fourth-order valence-corrected chi connectivity index (χ4v) is 2.60. The number of H-pyrrole nitrogens is 1. The first-order valence-electron chi connectivity index (χ1n) is 6.81. The zero-order valence-corrected chi connectivity index (χ0v) is 12.7. The van der Waals surface area contributed by atoms with Crippen LogP contribution in [-0.2, 0) is 4.79 Å². The molecule has 2 aromatic rings. The Labute approximate surface area is 127 Å². The van der Waals surface area contributed by atoms with Gasteiger partial charge in [0.1, 0.15) is 0 Å². The molecule has 112 valence electrons. The van der Waals surface area contributed by atoms with Crippen molar-refractivity contribution in [1.82, 2.24) is 20.5 Å². The van der Waals surface area contributed by atoms with Gasteiger partial charge in [0, 0.05) is 12.5 Å². The quantitative estimate of drug-likeness (QED) is 0.678. The molecule has 7 heteroatoms. The van der Waals surface area contributed by atoms with E-state index in [0.717, 1.165) is 6.42 Å². The van der Waals surface area contributed by atoms with Crippen LogP contribution in [0.2, 0.25) is 0 Å². The second kappa shape index (κ2) is 7.68. The SMILES string of the molecule is CC[C@H](CNC(=O)CSc1n[nH]c(N)n1)c1ccccc1. The largest absolute Gasteiger partial charge is 0.368 e. The average Bonchev–Trinajstić information content (AvgIpc) is 2.92. The Hall–Kier alpha value is -2.02. The van der Waals surface area contributed by atoms with Crippen molar-refractivity contribution < 1.29 is 4.79 Å². The molecule has 1 aromatic carbocycles. The summed E-state index contributed by atoms with van der Waals surface area (Å²) in [6.07, 6.45) is 0.981. The van der Waals surface area contributed by atoms with Gasteiger partial charge in [-0.05, 0) is 12.0 Å². The number of aromatic nitrogens is 3. The molecule has 0 spiro atoms. The third-order valence-electron chi connectivity index (χ3n) is 3.12. The van der Waals surface area contributed by atoms with E-state index in [1.807, 2.05) is 18.2 Å². The third kappa shape index (κ3) is 4.78. The summed E-state index contributed by atoms with van der Waals surface area (Å²) in [6.45, 7) is 2.75. The number of aromatic amines is 1. The minimum Gasteiger partial charge on any atom is -0.368 e. The van der Waals surface area contributed by atoms with E-state index in [2.05, 4.69) is 39.6 Å². The fraction of sp³-hybridized carbons (Fsp3) is 0.357. The summed E-state index contributed by atoms with van der Waals surface area (Å²) in [5.41, 5.74) is 6.67. The Balaban J connectivity index is 1.77. The van der Waals surface area contributed by atoms with Crippen molar-refractivity contribution in [1.29, 1.82) is 0 Å². The topological polar surface area (TPSA) is 96.7 Å². The number of nitrogen functional groups attached to an aromatic ring is 1. The zero-order chi connectivity index (χ0) is 15.1. The molecule has 0 aliphatic heterocycles. The number of nitrogens with two attached hydrogens (primary N) is 1. The van der Waals surface area contributed by atoms with E-state index < -0.39 is 0 Å². The van der Waals surface area contributed by atoms with Crippen molar-refractivity contribution in [3.63, 3.8) is 0 Å². The minimum absolute atomic E-state index is 0.0299. The molecule has 0 aliphatic carbocycles. The van der Waals surface area contributed by atoms with Crippen LogP contribution in [0.15, 0.2) is 35.5 Å². The van der Waals surface area contributed by atoms with Crippen molar-refractivity contribution >= 4 is 23.6 Å². The Kier molecular flexibility index (Phi) is 5.62. The highest BCUT2D eigenvalue weighted by Gasteiger charge is 2.11. The molecular formula is C14H19N5OS. The number of carbonyl (C=O) groups excluding carboxylic acids is 1. The molecule has 0 unspecified atom stereocenters. The van der Waals surface area contributed by atoms with E-state index in [1.54, 1.807) is 0 Å². The van der Waals surface area contributed by atoms with E-state index in [1.165, 1.54) is 17.3 Å². The van der Waals surface area contributed by atoms with Crippen LogP contribution in [-0.4, -0.2) is 33.4 Å². The summed E-state index contributed by atoms with van der Waals surface area (Å²) in [4.78, 5) is 15.8. The number of amides is 1. The first-order valence-corrected chi connectivity index (χ1v) is 7.80. The second-order valence-electron chi connectivity index (χ2n) is 4.61. The molecule has 0 radical (unpaired) electrons. The number of benzene rings is 1. The second-order valence-corrected chi connectivity index (χ2v) is 5.55. The average molecular weight is 305 g/mol. The van der Waals surface area contributed by atoms with Gasteiger partial charge in [-0.3, -0.25) is 4.79 Å². The lowest BCUT2D eigenvalue weighted by molar-refractivity contribution is -0.118. The van der Waals surface area contributed by atoms with Crippen LogP contribution in [0.25, 0.3) is 0 Å². The maximum atomic E-state index is 11.8. The lowest BCUT2D eigenvalue weighted by atomic mass is 9.96. The van der Waals surface area contributed by atoms with Crippen molar-refractivity contribution in [2.24, 2.45) is 0 Å². The molecule has 2 rings (SSSR count). The predicted molar refractivity (Wildman–Crippen MR) is 84.0 cm³/mol. The van der Waals surface area contributed by atoms with Crippen LogP contribution in [0.5, 0.6) is 0 Å². The number of nitrogens with one attached hydrogen (secondary N) is 2. The van der Waals surface area contributed by atoms with Crippen molar-refractivity contribution in [2.75, 3.05) is 18.0 Å². The standard InChI is InChI=1S/C14H19N5OS/c1-2-10(11-6-4-3-5-7-11)8-16-12(20)9-21-14-17-13(15)18-19-14/h3-7,10H,2,8-9H2,1H3,(H,16,20)(H3,15,17,18,19)/t10-/m1/s1. The maximum absolute atomic E-state index is 11.8. The number of thioether (sulfide) groups is 1. The number of carbonyl (C=O) groups is 1. The molecule has 1 amide bonds. The van der Waals surface area contributed by atoms with E-state index in [-0.39, 0.29) is 17.6 Å². The first kappa shape index (κ1) is 15.4. The van der Waals surface area contributed by atoms with E-state index >= 15 is 0 Å². The molecule has 0 fully saturated rings. The number of hydrogen-bond donors (Lipinski definition) is 3. The van der Waals surface area contributed by atoms with Crippen LogP contribution in [0, 0.1) is 0 Å². The number of hydrogen-bond acceptors (Lipinski definition) is 5. The predicted octanol–water partition coefficient (Wildman–Crippen LogP) is 1.79. The van der Waals surface area contributed by atoms with Gasteiger partial charge in [0.2, 0.25) is 17.0 Å². The van der Waals surface area contributed by atoms with Crippen molar-refractivity contribution in [3.8, 4) is 0 Å². The summed E-state index contributed by atoms with van der Waals surface area (Å²) in [7, 11) is 0. The summed E-state index contributed by atoms with van der Waals surface area (Å²) < 4.78 is 0. The highest BCUT2D eigenvalue weighted by atomic mass is 32.2. The highest BCUT2D eigenvalue weighted by molar-refractivity contribution is 7.99. The molecule has 4 N–H and O–H groups in total. The van der Waals surface area contributed by atoms with Crippen LogP contribution >= 0.6 is 11.8 Å². The van der Waals surface area contributed by atoms with Crippen LogP contribution in [0.1, 0.15) is 24.8 Å². The van der Waals surface area contributed by atoms with E-state index in [4.69, 9.17) is 5.73 Å². The highest BCUT2D eigenvalue weighted by Crippen LogP contribution is 2.18. The summed E-state index contributed by atoms with van der Waals surface area (Å²) >= 11 is 1.26. The molecule has 1 atom stereocenters. The first-order chi connectivity index (χ1) is 10.2. The monoisotopic (exact) mass is 305 g/mol. The summed E-state index contributed by atoms with van der Waals surface area (Å²) in [5, 5.41) is 9.84. The van der Waals surface area contributed by atoms with Gasteiger partial charge in [-0.25, -0.2) is 5.10 Å². The van der Waals surface area contributed by atoms with Crippen molar-refractivity contribution in [3.05, 3.63) is 35.9 Å². The van der Waals surface area contributed by atoms with Crippen molar-refractivity contribution in [2.45, 2.75) is 24.4 Å². The lowest BCUT2D eigenvalue weighted by Gasteiger charge is -2.16.